The van der Waals surface area contributed by atoms with E-state index in [1.807, 2.05) is 56.3 Å². The van der Waals surface area contributed by atoms with Gasteiger partial charge in [-0.3, -0.25) is 0 Å². The van der Waals surface area contributed by atoms with Crippen LogP contribution in [0.15, 0.2) is 42.5 Å². The number of benzene rings is 1. The Kier molecular flexibility index (Phi) is 3.66. The van der Waals surface area contributed by atoms with Gasteiger partial charge in [-0.1, -0.05) is 56.3 Å². The zero-order valence-electron chi connectivity index (χ0n) is 12.0. The molecule has 0 aromatic heterocycles. The molecule has 1 aromatic rings. The van der Waals surface area contributed by atoms with Crippen molar-refractivity contribution in [3.63, 3.8) is 0 Å². The minimum atomic E-state index is -1.24. The second-order valence-corrected chi connectivity index (χ2v) is 5.43. The highest BCUT2D eigenvalue weighted by atomic mass is 16.5. The Morgan fingerprint density at radius 3 is 2.20 bits per heavy atom. The molecular formula is C17H18N2O. The van der Waals surface area contributed by atoms with Crippen molar-refractivity contribution in [2.45, 2.75) is 25.4 Å². The van der Waals surface area contributed by atoms with Crippen LogP contribution in [0.2, 0.25) is 0 Å². The average Bonchev–Trinajstić information content (AvgIpc) is 2.51. The molecule has 3 unspecified atom stereocenters. The molecule has 1 aliphatic rings. The first-order valence-electron chi connectivity index (χ1n) is 6.66. The number of hydrogen-bond acceptors (Lipinski definition) is 3. The monoisotopic (exact) mass is 266 g/mol. The highest BCUT2D eigenvalue weighted by Gasteiger charge is 2.59. The molecule has 102 valence electrons. The SMILES string of the molecule is COC1C=CC(C)C(C)(c2ccccc2)C1(C#N)C#N. The van der Waals surface area contributed by atoms with Crippen LogP contribution < -0.4 is 0 Å². The van der Waals surface area contributed by atoms with Crippen LogP contribution in [-0.4, -0.2) is 13.2 Å². The van der Waals surface area contributed by atoms with E-state index in [0.717, 1.165) is 5.56 Å². The molecule has 20 heavy (non-hydrogen) atoms. The van der Waals surface area contributed by atoms with E-state index in [9.17, 15) is 10.5 Å². The smallest absolute Gasteiger partial charge is 0.182 e. The van der Waals surface area contributed by atoms with Gasteiger partial charge in [-0.2, -0.15) is 10.5 Å². The van der Waals surface area contributed by atoms with Crippen molar-refractivity contribution < 1.29 is 4.74 Å². The molecule has 0 saturated carbocycles. The predicted molar refractivity (Wildman–Crippen MR) is 76.6 cm³/mol. The van der Waals surface area contributed by atoms with E-state index in [-0.39, 0.29) is 5.92 Å². The van der Waals surface area contributed by atoms with Gasteiger partial charge < -0.3 is 4.74 Å². The third-order valence-corrected chi connectivity index (χ3v) is 4.71. The lowest BCUT2D eigenvalue weighted by atomic mass is 9.52. The van der Waals surface area contributed by atoms with E-state index in [2.05, 4.69) is 12.1 Å². The minimum Gasteiger partial charge on any atom is -0.375 e. The normalized spacial score (nSPS) is 31.2. The number of allylic oxidation sites excluding steroid dienone is 1. The predicted octanol–water partition coefficient (Wildman–Crippen LogP) is 3.20. The van der Waals surface area contributed by atoms with Crippen molar-refractivity contribution in [1.82, 2.24) is 0 Å². The van der Waals surface area contributed by atoms with Crippen LogP contribution >= 0.6 is 0 Å². The number of nitriles is 2. The molecule has 2 rings (SSSR count). The maximum absolute atomic E-state index is 9.77. The lowest BCUT2D eigenvalue weighted by Gasteiger charge is -2.48. The number of nitrogens with zero attached hydrogens (tertiary/aromatic N) is 2. The molecule has 0 heterocycles. The standard InChI is InChI=1S/C17H18N2O/c1-13-9-10-15(20-3)17(11-18,12-19)16(13,2)14-7-5-4-6-8-14/h4-10,13,15H,1-3H3. The molecule has 0 bridgehead atoms. The zero-order chi connectivity index (χ0) is 14.8. The molecular weight excluding hydrogens is 248 g/mol. The van der Waals surface area contributed by atoms with Gasteiger partial charge in [0.15, 0.2) is 5.41 Å². The third kappa shape index (κ3) is 1.68. The van der Waals surface area contributed by atoms with Crippen LogP contribution in [0.1, 0.15) is 19.4 Å². The van der Waals surface area contributed by atoms with E-state index in [1.165, 1.54) is 0 Å². The van der Waals surface area contributed by atoms with Gasteiger partial charge in [0.2, 0.25) is 0 Å². The van der Waals surface area contributed by atoms with E-state index < -0.39 is 16.9 Å². The first kappa shape index (κ1) is 14.3. The quantitative estimate of drug-likeness (QED) is 0.772. The first-order valence-corrected chi connectivity index (χ1v) is 6.66. The Hall–Kier alpha value is -2.10. The van der Waals surface area contributed by atoms with Gasteiger partial charge in [-0.15, -0.1) is 0 Å². The second kappa shape index (κ2) is 5.12. The molecule has 1 aliphatic carbocycles. The molecule has 0 fully saturated rings. The zero-order valence-corrected chi connectivity index (χ0v) is 12.0. The van der Waals surface area contributed by atoms with Crippen LogP contribution in [-0.2, 0) is 10.2 Å². The summed E-state index contributed by atoms with van der Waals surface area (Å²) in [7, 11) is 1.54. The Bertz CT molecular complexity index is 580. The molecule has 3 atom stereocenters. The fraction of sp³-hybridized carbons (Fsp3) is 0.412. The summed E-state index contributed by atoms with van der Waals surface area (Å²) in [5.74, 6) is 0.0654. The van der Waals surface area contributed by atoms with Crippen LogP contribution in [0, 0.1) is 34.0 Å². The minimum absolute atomic E-state index is 0.0654. The van der Waals surface area contributed by atoms with Gasteiger partial charge in [0.1, 0.15) is 6.10 Å². The largest absolute Gasteiger partial charge is 0.375 e. The molecule has 3 nitrogen and oxygen atoms in total. The Balaban J connectivity index is 2.74. The summed E-state index contributed by atoms with van der Waals surface area (Å²) < 4.78 is 5.42. The molecule has 1 aromatic carbocycles. The molecule has 0 spiro atoms. The molecule has 3 heteroatoms. The fourth-order valence-electron chi connectivity index (χ4n) is 3.17. The van der Waals surface area contributed by atoms with Gasteiger partial charge in [-0.25, -0.2) is 0 Å². The van der Waals surface area contributed by atoms with Crippen molar-refractivity contribution in [2.75, 3.05) is 7.11 Å². The van der Waals surface area contributed by atoms with Gasteiger partial charge in [0.05, 0.1) is 12.1 Å². The Morgan fingerprint density at radius 2 is 1.70 bits per heavy atom. The second-order valence-electron chi connectivity index (χ2n) is 5.43. The highest BCUT2D eigenvalue weighted by molar-refractivity contribution is 5.43. The maximum atomic E-state index is 9.77. The summed E-state index contributed by atoms with van der Waals surface area (Å²) in [6.45, 7) is 4.02. The van der Waals surface area contributed by atoms with E-state index in [4.69, 9.17) is 4.74 Å². The van der Waals surface area contributed by atoms with Crippen molar-refractivity contribution in [3.05, 3.63) is 48.0 Å². The van der Waals surface area contributed by atoms with E-state index in [0.29, 0.717) is 0 Å². The van der Waals surface area contributed by atoms with Crippen LogP contribution in [0.5, 0.6) is 0 Å². The summed E-state index contributed by atoms with van der Waals surface area (Å²) in [6, 6.07) is 14.3. The molecule has 0 amide bonds. The summed E-state index contributed by atoms with van der Waals surface area (Å²) in [5, 5.41) is 19.5. The molecule has 0 N–H and O–H groups in total. The van der Waals surface area contributed by atoms with E-state index in [1.54, 1.807) is 7.11 Å². The summed E-state index contributed by atoms with van der Waals surface area (Å²) >= 11 is 0. The number of rotatable bonds is 2. The average molecular weight is 266 g/mol. The number of ether oxygens (including phenoxy) is 1. The van der Waals surface area contributed by atoms with Gasteiger partial charge in [0.25, 0.3) is 0 Å². The lowest BCUT2D eigenvalue weighted by molar-refractivity contribution is 0.0184. The van der Waals surface area contributed by atoms with Gasteiger partial charge in [-0.05, 0) is 11.5 Å². The summed E-state index contributed by atoms with van der Waals surface area (Å²) in [5.41, 5.74) is -0.869. The molecule has 0 aliphatic heterocycles. The van der Waals surface area contributed by atoms with Crippen molar-refractivity contribution in [1.29, 1.82) is 10.5 Å². The lowest BCUT2D eigenvalue weighted by Crippen LogP contribution is -2.55. The Labute approximate surface area is 120 Å². The van der Waals surface area contributed by atoms with Crippen molar-refractivity contribution in [3.8, 4) is 12.1 Å². The van der Waals surface area contributed by atoms with Gasteiger partial charge in [0, 0.05) is 12.5 Å². The number of methoxy groups -OCH3 is 1. The van der Waals surface area contributed by atoms with Gasteiger partial charge >= 0.3 is 0 Å². The fourth-order valence-corrected chi connectivity index (χ4v) is 3.17. The highest BCUT2D eigenvalue weighted by Crippen LogP contribution is 2.52. The third-order valence-electron chi connectivity index (χ3n) is 4.71. The Morgan fingerprint density at radius 1 is 1.10 bits per heavy atom. The van der Waals surface area contributed by atoms with Crippen LogP contribution in [0.25, 0.3) is 0 Å². The molecule has 0 saturated heterocycles. The summed E-state index contributed by atoms with van der Waals surface area (Å²) in [6.07, 6.45) is 3.34. The topological polar surface area (TPSA) is 56.8 Å². The first-order chi connectivity index (χ1) is 9.56. The van der Waals surface area contributed by atoms with Crippen molar-refractivity contribution >= 4 is 0 Å². The maximum Gasteiger partial charge on any atom is 0.182 e. The van der Waals surface area contributed by atoms with Crippen LogP contribution in [0.3, 0.4) is 0 Å². The molecule has 0 radical (unpaired) electrons. The summed E-state index contributed by atoms with van der Waals surface area (Å²) in [4.78, 5) is 0. The number of hydrogen-bond donors (Lipinski definition) is 0. The van der Waals surface area contributed by atoms with E-state index >= 15 is 0 Å². The van der Waals surface area contributed by atoms with Crippen LogP contribution in [0.4, 0.5) is 0 Å². The van der Waals surface area contributed by atoms with Crippen molar-refractivity contribution in [2.24, 2.45) is 11.3 Å².